The quantitative estimate of drug-likeness (QED) is 0.694. The number of imidazole rings is 1. The van der Waals surface area contributed by atoms with Crippen molar-refractivity contribution < 1.29 is 4.79 Å². The van der Waals surface area contributed by atoms with Crippen molar-refractivity contribution in [2.45, 2.75) is 19.9 Å². The van der Waals surface area contributed by atoms with Gasteiger partial charge in [0.25, 0.3) is 0 Å². The molecule has 134 valence electrons. The number of rotatable bonds is 7. The van der Waals surface area contributed by atoms with Gasteiger partial charge in [-0.1, -0.05) is 6.07 Å². The van der Waals surface area contributed by atoms with Gasteiger partial charge in [-0.25, -0.2) is 9.97 Å². The van der Waals surface area contributed by atoms with Crippen molar-refractivity contribution in [1.82, 2.24) is 29.8 Å². The molecule has 0 saturated heterocycles. The lowest BCUT2D eigenvalue weighted by molar-refractivity contribution is -0.121. The van der Waals surface area contributed by atoms with E-state index in [9.17, 15) is 4.79 Å². The summed E-state index contributed by atoms with van der Waals surface area (Å²) in [6.07, 6.45) is 7.21. The molecule has 0 aliphatic rings. The molecule has 8 nitrogen and oxygen atoms in total. The highest BCUT2D eigenvalue weighted by molar-refractivity contribution is 5.76. The van der Waals surface area contributed by atoms with E-state index in [1.807, 2.05) is 43.1 Å². The molecule has 3 aromatic rings. The summed E-state index contributed by atoms with van der Waals surface area (Å²) >= 11 is 0. The van der Waals surface area contributed by atoms with Crippen LogP contribution in [0.1, 0.15) is 17.8 Å². The summed E-state index contributed by atoms with van der Waals surface area (Å²) in [6, 6.07) is 7.53. The predicted octanol–water partition coefficient (Wildman–Crippen LogP) is 1.51. The van der Waals surface area contributed by atoms with Crippen molar-refractivity contribution in [2.75, 3.05) is 18.5 Å². The number of carbonyl (C=O) groups excluding carboxylic acids is 1. The van der Waals surface area contributed by atoms with Crippen molar-refractivity contribution in [3.8, 4) is 5.95 Å². The molecular weight excluding hydrogens is 330 g/mol. The van der Waals surface area contributed by atoms with Gasteiger partial charge in [-0.2, -0.15) is 4.98 Å². The first kappa shape index (κ1) is 17.5. The summed E-state index contributed by atoms with van der Waals surface area (Å²) in [5.41, 5.74) is 1.69. The van der Waals surface area contributed by atoms with E-state index in [2.05, 4.69) is 25.3 Å². The molecule has 0 radical (unpaired) electrons. The van der Waals surface area contributed by atoms with E-state index in [-0.39, 0.29) is 5.91 Å². The number of carbonyl (C=O) groups is 1. The average molecular weight is 351 g/mol. The first-order chi connectivity index (χ1) is 12.6. The van der Waals surface area contributed by atoms with Crippen LogP contribution in [0.15, 0.2) is 49.2 Å². The molecule has 3 rings (SSSR count). The second-order valence-corrected chi connectivity index (χ2v) is 5.91. The van der Waals surface area contributed by atoms with E-state index in [1.165, 1.54) is 0 Å². The summed E-state index contributed by atoms with van der Waals surface area (Å²) < 4.78 is 1.75. The Kier molecular flexibility index (Phi) is 5.52. The van der Waals surface area contributed by atoms with E-state index in [4.69, 9.17) is 0 Å². The normalized spacial score (nSPS) is 10.5. The van der Waals surface area contributed by atoms with Gasteiger partial charge in [-0.05, 0) is 19.1 Å². The molecule has 26 heavy (non-hydrogen) atoms. The van der Waals surface area contributed by atoms with Crippen LogP contribution in [0, 0.1) is 6.92 Å². The van der Waals surface area contributed by atoms with Crippen LogP contribution in [0.5, 0.6) is 0 Å². The highest BCUT2D eigenvalue weighted by Gasteiger charge is 2.10. The lowest BCUT2D eigenvalue weighted by Gasteiger charge is -2.19. The van der Waals surface area contributed by atoms with Gasteiger partial charge in [0.1, 0.15) is 12.1 Å². The molecule has 3 aromatic heterocycles. The molecule has 0 aliphatic carbocycles. The molecule has 0 aliphatic heterocycles. The Morgan fingerprint density at radius 2 is 2.15 bits per heavy atom. The second-order valence-electron chi connectivity index (χ2n) is 5.91. The highest BCUT2D eigenvalue weighted by Crippen LogP contribution is 2.13. The van der Waals surface area contributed by atoms with Crippen molar-refractivity contribution in [3.05, 3.63) is 60.6 Å². The zero-order valence-electron chi connectivity index (χ0n) is 14.8. The van der Waals surface area contributed by atoms with Gasteiger partial charge in [-0.15, -0.1) is 0 Å². The van der Waals surface area contributed by atoms with Crippen LogP contribution >= 0.6 is 0 Å². The van der Waals surface area contributed by atoms with Crippen molar-refractivity contribution >= 4 is 11.7 Å². The molecular formula is C18H21N7O. The summed E-state index contributed by atoms with van der Waals surface area (Å²) in [5, 5.41) is 2.88. The van der Waals surface area contributed by atoms with E-state index >= 15 is 0 Å². The zero-order chi connectivity index (χ0) is 18.4. The molecule has 0 bridgehead atoms. The minimum Gasteiger partial charge on any atom is -0.359 e. The number of anilines is 1. The Morgan fingerprint density at radius 3 is 2.88 bits per heavy atom. The standard InChI is InChI=1S/C18H21N7O/c1-14-11-16(23-18(22-14)25-10-8-19-13-25)24(2)9-6-17(26)21-12-15-5-3-4-7-20-15/h3-5,7-8,10-11,13H,6,9,12H2,1-2H3,(H,21,26). The molecule has 0 unspecified atom stereocenters. The summed E-state index contributed by atoms with van der Waals surface area (Å²) in [6.45, 7) is 2.90. The third-order valence-electron chi connectivity index (χ3n) is 3.82. The van der Waals surface area contributed by atoms with Crippen LogP contribution < -0.4 is 10.2 Å². The Hall–Kier alpha value is -3.29. The number of pyridine rings is 1. The van der Waals surface area contributed by atoms with Crippen LogP contribution in [0.2, 0.25) is 0 Å². The van der Waals surface area contributed by atoms with Gasteiger partial charge in [-0.3, -0.25) is 14.3 Å². The van der Waals surface area contributed by atoms with Gasteiger partial charge in [0, 0.05) is 50.4 Å². The summed E-state index contributed by atoms with van der Waals surface area (Å²) in [4.78, 5) is 31.2. The van der Waals surface area contributed by atoms with Crippen LogP contribution in [0.3, 0.4) is 0 Å². The first-order valence-electron chi connectivity index (χ1n) is 8.33. The molecule has 0 fully saturated rings. The Labute approximate surface area is 152 Å². The minimum atomic E-state index is -0.0249. The number of hydrogen-bond donors (Lipinski definition) is 1. The topological polar surface area (TPSA) is 88.8 Å². The van der Waals surface area contributed by atoms with Crippen LogP contribution in [-0.4, -0.2) is 44.0 Å². The van der Waals surface area contributed by atoms with E-state index in [0.29, 0.717) is 25.5 Å². The predicted molar refractivity (Wildman–Crippen MR) is 97.9 cm³/mol. The number of aromatic nitrogens is 5. The molecule has 0 spiro atoms. The molecule has 1 N–H and O–H groups in total. The molecule has 1 amide bonds. The van der Waals surface area contributed by atoms with Gasteiger partial charge >= 0.3 is 0 Å². The smallest absolute Gasteiger partial charge is 0.237 e. The minimum absolute atomic E-state index is 0.0249. The Balaban J connectivity index is 1.56. The summed E-state index contributed by atoms with van der Waals surface area (Å²) in [7, 11) is 1.91. The van der Waals surface area contributed by atoms with Gasteiger partial charge in [0.05, 0.1) is 12.2 Å². The van der Waals surface area contributed by atoms with Gasteiger partial charge < -0.3 is 10.2 Å². The van der Waals surface area contributed by atoms with Crippen LogP contribution in [0.4, 0.5) is 5.82 Å². The lowest BCUT2D eigenvalue weighted by atomic mass is 10.3. The highest BCUT2D eigenvalue weighted by atomic mass is 16.1. The fourth-order valence-electron chi connectivity index (χ4n) is 2.39. The van der Waals surface area contributed by atoms with Crippen LogP contribution in [0.25, 0.3) is 5.95 Å². The molecule has 3 heterocycles. The Morgan fingerprint density at radius 1 is 1.27 bits per heavy atom. The third-order valence-corrected chi connectivity index (χ3v) is 3.82. The number of nitrogens with one attached hydrogen (secondary N) is 1. The number of aryl methyl sites for hydroxylation is 1. The Bertz CT molecular complexity index is 849. The lowest BCUT2D eigenvalue weighted by Crippen LogP contribution is -2.29. The molecule has 0 atom stereocenters. The first-order valence-corrected chi connectivity index (χ1v) is 8.33. The van der Waals surface area contributed by atoms with Crippen molar-refractivity contribution in [2.24, 2.45) is 0 Å². The number of nitrogens with zero attached hydrogens (tertiary/aromatic N) is 6. The number of hydrogen-bond acceptors (Lipinski definition) is 6. The maximum absolute atomic E-state index is 12.1. The maximum Gasteiger partial charge on any atom is 0.237 e. The van der Waals surface area contributed by atoms with Crippen molar-refractivity contribution in [3.63, 3.8) is 0 Å². The zero-order valence-corrected chi connectivity index (χ0v) is 14.8. The maximum atomic E-state index is 12.1. The van der Waals surface area contributed by atoms with E-state index in [1.54, 1.807) is 29.5 Å². The van der Waals surface area contributed by atoms with E-state index < -0.39 is 0 Å². The van der Waals surface area contributed by atoms with Gasteiger partial charge in [0.2, 0.25) is 11.9 Å². The van der Waals surface area contributed by atoms with Crippen LogP contribution in [-0.2, 0) is 11.3 Å². The molecule has 0 saturated carbocycles. The van der Waals surface area contributed by atoms with Gasteiger partial charge in [0.15, 0.2) is 0 Å². The van der Waals surface area contributed by atoms with E-state index in [0.717, 1.165) is 17.2 Å². The SMILES string of the molecule is Cc1cc(N(C)CCC(=O)NCc2ccccn2)nc(-n2ccnc2)n1. The monoisotopic (exact) mass is 351 g/mol. The average Bonchev–Trinajstić information content (AvgIpc) is 3.19. The fraction of sp³-hybridized carbons (Fsp3) is 0.278. The van der Waals surface area contributed by atoms with Crippen molar-refractivity contribution in [1.29, 1.82) is 0 Å². The second kappa shape index (κ2) is 8.19. The fourth-order valence-corrected chi connectivity index (χ4v) is 2.39. The third kappa shape index (κ3) is 4.62. The largest absolute Gasteiger partial charge is 0.359 e. The number of amides is 1. The molecule has 8 heteroatoms. The summed E-state index contributed by atoms with van der Waals surface area (Å²) in [5.74, 6) is 1.30. The molecule has 0 aromatic carbocycles.